The Morgan fingerprint density at radius 1 is 0.833 bits per heavy atom. The highest BCUT2D eigenvalue weighted by Gasteiger charge is 2.25. The van der Waals surface area contributed by atoms with Gasteiger partial charge in [-0.15, -0.1) is 0 Å². The molecular formula is C21H23N3O6. The monoisotopic (exact) mass is 413 g/mol. The predicted octanol–water partition coefficient (Wildman–Crippen LogP) is 2.42. The lowest BCUT2D eigenvalue weighted by molar-refractivity contribution is -0.133. The molecule has 0 unspecified atom stereocenters. The fourth-order valence-corrected chi connectivity index (χ4v) is 3.17. The summed E-state index contributed by atoms with van der Waals surface area (Å²) in [6.07, 6.45) is 1.29. The largest absolute Gasteiger partial charge is 0.494 e. The van der Waals surface area contributed by atoms with Crippen molar-refractivity contribution < 1.29 is 28.6 Å². The molecule has 1 fully saturated rings. The van der Waals surface area contributed by atoms with E-state index in [9.17, 15) is 14.4 Å². The van der Waals surface area contributed by atoms with Crippen molar-refractivity contribution in [2.75, 3.05) is 43.4 Å². The van der Waals surface area contributed by atoms with Crippen LogP contribution in [0.4, 0.5) is 17.1 Å². The fourth-order valence-electron chi connectivity index (χ4n) is 3.17. The quantitative estimate of drug-likeness (QED) is 0.705. The van der Waals surface area contributed by atoms with E-state index in [1.54, 1.807) is 41.3 Å². The number of ether oxygens (including phenoxy) is 3. The zero-order chi connectivity index (χ0) is 21.7. The number of hydrogen-bond donors (Lipinski definition) is 2. The van der Waals surface area contributed by atoms with Crippen molar-refractivity contribution in [3.63, 3.8) is 0 Å². The van der Waals surface area contributed by atoms with Crippen LogP contribution in [-0.2, 0) is 14.4 Å². The van der Waals surface area contributed by atoms with Crippen LogP contribution in [0.3, 0.4) is 0 Å². The molecule has 30 heavy (non-hydrogen) atoms. The van der Waals surface area contributed by atoms with Gasteiger partial charge in [0.1, 0.15) is 5.75 Å². The van der Waals surface area contributed by atoms with E-state index in [1.807, 2.05) is 0 Å². The van der Waals surface area contributed by atoms with Crippen LogP contribution in [0.1, 0.15) is 12.8 Å². The van der Waals surface area contributed by atoms with Crippen LogP contribution >= 0.6 is 0 Å². The highest BCUT2D eigenvalue weighted by molar-refractivity contribution is 6.43. The van der Waals surface area contributed by atoms with E-state index in [0.717, 1.165) is 6.42 Å². The molecule has 0 atom stereocenters. The molecule has 0 saturated carbocycles. The van der Waals surface area contributed by atoms with Crippen LogP contribution in [0.2, 0.25) is 0 Å². The number of anilines is 3. The first-order chi connectivity index (χ1) is 14.5. The predicted molar refractivity (Wildman–Crippen MR) is 111 cm³/mol. The van der Waals surface area contributed by atoms with Gasteiger partial charge in [-0.3, -0.25) is 14.4 Å². The van der Waals surface area contributed by atoms with Crippen molar-refractivity contribution in [2.45, 2.75) is 12.8 Å². The van der Waals surface area contributed by atoms with Gasteiger partial charge in [-0.25, -0.2) is 0 Å². The third-order valence-corrected chi connectivity index (χ3v) is 4.65. The average molecular weight is 413 g/mol. The van der Waals surface area contributed by atoms with Gasteiger partial charge in [-0.2, -0.15) is 0 Å². The molecule has 1 saturated heterocycles. The summed E-state index contributed by atoms with van der Waals surface area (Å²) in [6.45, 7) is 0.620. The molecule has 3 amide bonds. The van der Waals surface area contributed by atoms with Gasteiger partial charge in [0.2, 0.25) is 5.91 Å². The van der Waals surface area contributed by atoms with Crippen LogP contribution in [0.5, 0.6) is 17.2 Å². The Labute approximate surface area is 173 Å². The van der Waals surface area contributed by atoms with Gasteiger partial charge in [0.25, 0.3) is 0 Å². The summed E-state index contributed by atoms with van der Waals surface area (Å²) >= 11 is 0. The van der Waals surface area contributed by atoms with Crippen molar-refractivity contribution in [3.05, 3.63) is 36.4 Å². The second-order valence-electron chi connectivity index (χ2n) is 6.51. The number of methoxy groups -OCH3 is 3. The topological polar surface area (TPSA) is 106 Å². The molecule has 2 N–H and O–H groups in total. The maximum absolute atomic E-state index is 12.3. The minimum absolute atomic E-state index is 0.0272. The Hall–Kier alpha value is -3.75. The Bertz CT molecular complexity index is 975. The molecule has 0 aliphatic carbocycles. The smallest absolute Gasteiger partial charge is 0.314 e. The van der Waals surface area contributed by atoms with Gasteiger partial charge in [-0.05, 0) is 30.7 Å². The molecular weight excluding hydrogens is 390 g/mol. The zero-order valence-corrected chi connectivity index (χ0v) is 17.0. The molecule has 2 aromatic carbocycles. The molecule has 0 spiro atoms. The van der Waals surface area contributed by atoms with E-state index in [1.165, 1.54) is 21.3 Å². The van der Waals surface area contributed by atoms with E-state index >= 15 is 0 Å². The summed E-state index contributed by atoms with van der Waals surface area (Å²) in [4.78, 5) is 38.2. The first-order valence-electron chi connectivity index (χ1n) is 9.29. The van der Waals surface area contributed by atoms with E-state index in [4.69, 9.17) is 14.2 Å². The SMILES string of the molecule is COc1ccc(NC(=O)C(=O)Nc2ccc(N3CCCC3=O)c(OC)c2)cc1OC. The summed E-state index contributed by atoms with van der Waals surface area (Å²) < 4.78 is 15.7. The van der Waals surface area contributed by atoms with Crippen molar-refractivity contribution in [1.82, 2.24) is 0 Å². The van der Waals surface area contributed by atoms with E-state index in [2.05, 4.69) is 10.6 Å². The van der Waals surface area contributed by atoms with Crippen LogP contribution in [-0.4, -0.2) is 45.6 Å². The highest BCUT2D eigenvalue weighted by Crippen LogP contribution is 2.34. The molecule has 0 aromatic heterocycles. The number of carbonyl (C=O) groups is 3. The van der Waals surface area contributed by atoms with E-state index in [0.29, 0.717) is 47.3 Å². The normalized spacial score (nSPS) is 13.0. The lowest BCUT2D eigenvalue weighted by Crippen LogP contribution is -2.29. The minimum Gasteiger partial charge on any atom is -0.494 e. The number of benzene rings is 2. The van der Waals surface area contributed by atoms with Gasteiger partial charge in [0, 0.05) is 36.5 Å². The molecule has 3 rings (SSSR count). The number of hydrogen-bond acceptors (Lipinski definition) is 6. The summed E-state index contributed by atoms with van der Waals surface area (Å²) in [5.41, 5.74) is 1.38. The van der Waals surface area contributed by atoms with Gasteiger partial charge in [0.15, 0.2) is 11.5 Å². The molecule has 2 aromatic rings. The molecule has 0 radical (unpaired) electrons. The van der Waals surface area contributed by atoms with Crippen LogP contribution < -0.4 is 29.7 Å². The van der Waals surface area contributed by atoms with Crippen LogP contribution in [0, 0.1) is 0 Å². The fraction of sp³-hybridized carbons (Fsp3) is 0.286. The van der Waals surface area contributed by atoms with E-state index < -0.39 is 11.8 Å². The Morgan fingerprint density at radius 3 is 1.93 bits per heavy atom. The molecule has 0 bridgehead atoms. The summed E-state index contributed by atoms with van der Waals surface area (Å²) in [5.74, 6) is -0.310. The third-order valence-electron chi connectivity index (χ3n) is 4.65. The van der Waals surface area contributed by atoms with Crippen LogP contribution in [0.15, 0.2) is 36.4 Å². The van der Waals surface area contributed by atoms with Crippen molar-refractivity contribution >= 4 is 34.8 Å². The minimum atomic E-state index is -0.850. The Balaban J connectivity index is 1.69. The first-order valence-corrected chi connectivity index (χ1v) is 9.29. The first kappa shape index (κ1) is 21.0. The van der Waals surface area contributed by atoms with Crippen molar-refractivity contribution in [3.8, 4) is 17.2 Å². The summed E-state index contributed by atoms with van der Waals surface area (Å²) in [7, 11) is 4.46. The summed E-state index contributed by atoms with van der Waals surface area (Å²) in [6, 6.07) is 9.64. The highest BCUT2D eigenvalue weighted by atomic mass is 16.5. The zero-order valence-electron chi connectivity index (χ0n) is 17.0. The maximum atomic E-state index is 12.3. The molecule has 9 heteroatoms. The molecule has 1 heterocycles. The molecule has 1 aliphatic rings. The molecule has 158 valence electrons. The number of nitrogens with zero attached hydrogens (tertiary/aromatic N) is 1. The molecule has 1 aliphatic heterocycles. The van der Waals surface area contributed by atoms with Gasteiger partial charge in [0.05, 0.1) is 27.0 Å². The van der Waals surface area contributed by atoms with Crippen molar-refractivity contribution in [1.29, 1.82) is 0 Å². The van der Waals surface area contributed by atoms with Gasteiger partial charge >= 0.3 is 11.8 Å². The number of amides is 3. The summed E-state index contributed by atoms with van der Waals surface area (Å²) in [5, 5.41) is 5.03. The van der Waals surface area contributed by atoms with E-state index in [-0.39, 0.29) is 5.91 Å². The maximum Gasteiger partial charge on any atom is 0.314 e. The number of nitrogens with one attached hydrogen (secondary N) is 2. The lowest BCUT2D eigenvalue weighted by Gasteiger charge is -2.19. The Kier molecular flexibility index (Phi) is 6.41. The van der Waals surface area contributed by atoms with Gasteiger partial charge in [-0.1, -0.05) is 0 Å². The van der Waals surface area contributed by atoms with Crippen molar-refractivity contribution in [2.24, 2.45) is 0 Å². The molecule has 9 nitrogen and oxygen atoms in total. The number of carbonyl (C=O) groups excluding carboxylic acids is 3. The second-order valence-corrected chi connectivity index (χ2v) is 6.51. The second kappa shape index (κ2) is 9.17. The average Bonchev–Trinajstić information content (AvgIpc) is 3.18. The number of rotatable bonds is 6. The van der Waals surface area contributed by atoms with Gasteiger partial charge < -0.3 is 29.7 Å². The van der Waals surface area contributed by atoms with Crippen LogP contribution in [0.25, 0.3) is 0 Å². The standard InChI is InChI=1S/C21H23N3O6/c1-28-16-9-7-14(12-18(16)30-3)23-21(27)20(26)22-13-6-8-15(17(11-13)29-2)24-10-4-5-19(24)25/h6-9,11-12H,4-5,10H2,1-3H3,(H,22,26)(H,23,27). The third kappa shape index (κ3) is 4.45. The lowest BCUT2D eigenvalue weighted by atomic mass is 10.2. The Morgan fingerprint density at radius 2 is 1.40 bits per heavy atom.